The van der Waals surface area contributed by atoms with Crippen molar-refractivity contribution in [3.63, 3.8) is 0 Å². The van der Waals surface area contributed by atoms with Gasteiger partial charge in [-0.05, 0) is 42.2 Å². The SMILES string of the molecule is COc1ccc(CNC(=O)N2C3CN(Cc4ccc(F)cc4F)C(=O)C(CCSC)N3C(=O)CN2C)cc1. The summed E-state index contributed by atoms with van der Waals surface area (Å²) in [6.07, 6.45) is 1.50. The average Bonchev–Trinajstić information content (AvgIpc) is 2.89. The lowest BCUT2D eigenvalue weighted by Gasteiger charge is -2.54. The Labute approximate surface area is 224 Å². The summed E-state index contributed by atoms with van der Waals surface area (Å²) < 4.78 is 33.1. The second-order valence-electron chi connectivity index (χ2n) is 9.20. The fourth-order valence-electron chi connectivity index (χ4n) is 4.81. The molecule has 2 fully saturated rings. The van der Waals surface area contributed by atoms with E-state index in [1.165, 1.54) is 25.9 Å². The third kappa shape index (κ3) is 5.86. The number of urea groups is 1. The van der Waals surface area contributed by atoms with Crippen LogP contribution < -0.4 is 10.1 Å². The molecule has 2 saturated heterocycles. The summed E-state index contributed by atoms with van der Waals surface area (Å²) >= 11 is 1.54. The van der Waals surface area contributed by atoms with E-state index in [-0.39, 0.29) is 43.6 Å². The Hall–Kier alpha value is -3.38. The van der Waals surface area contributed by atoms with Crippen LogP contribution in [0.2, 0.25) is 0 Å². The summed E-state index contributed by atoms with van der Waals surface area (Å²) in [6.45, 7) is 0.0526. The number of amides is 4. The van der Waals surface area contributed by atoms with Crippen LogP contribution in [0.5, 0.6) is 5.75 Å². The Morgan fingerprint density at radius 3 is 2.55 bits per heavy atom. The monoisotopic (exact) mass is 547 g/mol. The highest BCUT2D eigenvalue weighted by Gasteiger charge is 2.50. The van der Waals surface area contributed by atoms with E-state index in [1.807, 2.05) is 18.4 Å². The fourth-order valence-corrected chi connectivity index (χ4v) is 5.27. The number of nitrogens with one attached hydrogen (secondary N) is 1. The molecule has 2 aliphatic rings. The first kappa shape index (κ1) is 27.6. The highest BCUT2D eigenvalue weighted by atomic mass is 32.2. The van der Waals surface area contributed by atoms with Crippen molar-refractivity contribution in [3.8, 4) is 5.75 Å². The van der Waals surface area contributed by atoms with E-state index < -0.39 is 29.9 Å². The molecule has 2 aliphatic heterocycles. The Kier molecular flexibility index (Phi) is 8.72. The van der Waals surface area contributed by atoms with E-state index in [9.17, 15) is 23.2 Å². The number of benzene rings is 2. The normalized spacial score (nSPS) is 20.0. The van der Waals surface area contributed by atoms with Gasteiger partial charge in [-0.25, -0.2) is 23.6 Å². The van der Waals surface area contributed by atoms with E-state index in [0.717, 1.165) is 17.7 Å². The number of halogens is 2. The lowest BCUT2D eigenvalue weighted by Crippen LogP contribution is -2.75. The second-order valence-corrected chi connectivity index (χ2v) is 10.2. The van der Waals surface area contributed by atoms with Crippen LogP contribution in [-0.2, 0) is 22.7 Å². The zero-order chi connectivity index (χ0) is 27.4. The average molecular weight is 548 g/mol. The fraction of sp³-hybridized carbons (Fsp3) is 0.423. The first-order valence-electron chi connectivity index (χ1n) is 12.2. The van der Waals surface area contributed by atoms with Crippen molar-refractivity contribution >= 4 is 29.6 Å². The molecule has 4 amide bonds. The summed E-state index contributed by atoms with van der Waals surface area (Å²) in [4.78, 5) is 43.0. The minimum Gasteiger partial charge on any atom is -0.497 e. The molecule has 38 heavy (non-hydrogen) atoms. The zero-order valence-electron chi connectivity index (χ0n) is 21.5. The molecule has 204 valence electrons. The van der Waals surface area contributed by atoms with Crippen LogP contribution >= 0.6 is 11.8 Å². The number of methoxy groups -OCH3 is 1. The lowest BCUT2D eigenvalue weighted by atomic mass is 10.0. The molecule has 0 bridgehead atoms. The van der Waals surface area contributed by atoms with E-state index in [4.69, 9.17) is 4.74 Å². The molecule has 1 N–H and O–H groups in total. The minimum atomic E-state index is -0.803. The number of carbonyl (C=O) groups excluding carboxylic acids is 3. The Morgan fingerprint density at radius 2 is 1.89 bits per heavy atom. The van der Waals surface area contributed by atoms with Crippen molar-refractivity contribution in [2.45, 2.75) is 31.7 Å². The molecule has 2 atom stereocenters. The molecule has 12 heteroatoms. The molecule has 0 radical (unpaired) electrons. The first-order chi connectivity index (χ1) is 18.2. The number of nitrogens with zero attached hydrogens (tertiary/aromatic N) is 4. The number of carbonyl (C=O) groups is 3. The topological polar surface area (TPSA) is 85.4 Å². The van der Waals surface area contributed by atoms with Crippen LogP contribution in [0.4, 0.5) is 13.6 Å². The van der Waals surface area contributed by atoms with Crippen molar-refractivity contribution in [3.05, 3.63) is 65.2 Å². The van der Waals surface area contributed by atoms with Gasteiger partial charge in [-0.1, -0.05) is 18.2 Å². The molecule has 4 rings (SSSR count). The maximum atomic E-state index is 14.5. The van der Waals surface area contributed by atoms with Gasteiger partial charge in [-0.15, -0.1) is 0 Å². The third-order valence-electron chi connectivity index (χ3n) is 6.72. The standard InChI is InChI=1S/C26H31F2N5O4S/c1-30-16-24(34)32-22(10-11-38-3)25(35)31(14-18-6-7-19(27)12-21(18)28)15-23(32)33(30)26(36)29-13-17-4-8-20(37-2)9-5-17/h4-9,12,22-23H,10-11,13-16H2,1-3H3,(H,29,36). The Balaban J connectivity index is 1.59. The number of hydrazine groups is 1. The molecular weight excluding hydrogens is 516 g/mol. The van der Waals surface area contributed by atoms with Crippen LogP contribution in [0.15, 0.2) is 42.5 Å². The van der Waals surface area contributed by atoms with E-state index in [2.05, 4.69) is 5.32 Å². The molecule has 2 aromatic rings. The minimum absolute atomic E-state index is 0.0164. The smallest absolute Gasteiger partial charge is 0.334 e. The number of ether oxygens (including phenoxy) is 1. The van der Waals surface area contributed by atoms with Crippen molar-refractivity contribution in [1.29, 1.82) is 0 Å². The van der Waals surface area contributed by atoms with E-state index >= 15 is 0 Å². The molecule has 2 aromatic carbocycles. The first-order valence-corrected chi connectivity index (χ1v) is 13.6. The number of hydrogen-bond acceptors (Lipinski definition) is 6. The van der Waals surface area contributed by atoms with Crippen molar-refractivity contribution in [1.82, 2.24) is 25.1 Å². The molecule has 0 aliphatic carbocycles. The van der Waals surface area contributed by atoms with Gasteiger partial charge < -0.3 is 19.9 Å². The number of likely N-dealkylation sites (N-methyl/N-ethyl adjacent to an activating group) is 1. The van der Waals surface area contributed by atoms with Crippen LogP contribution in [0.1, 0.15) is 17.5 Å². The van der Waals surface area contributed by atoms with Gasteiger partial charge in [0.25, 0.3) is 0 Å². The largest absolute Gasteiger partial charge is 0.497 e. The summed E-state index contributed by atoms with van der Waals surface area (Å²) in [7, 11) is 3.21. The quantitative estimate of drug-likeness (QED) is 0.547. The van der Waals surface area contributed by atoms with Crippen molar-refractivity contribution < 1.29 is 27.9 Å². The predicted molar refractivity (Wildman–Crippen MR) is 139 cm³/mol. The van der Waals surface area contributed by atoms with Gasteiger partial charge in [0.05, 0.1) is 20.2 Å². The van der Waals surface area contributed by atoms with Crippen LogP contribution in [0.3, 0.4) is 0 Å². The van der Waals surface area contributed by atoms with Crippen LogP contribution in [-0.4, -0.2) is 89.1 Å². The number of thioether (sulfide) groups is 1. The van der Waals surface area contributed by atoms with E-state index in [0.29, 0.717) is 17.9 Å². The maximum Gasteiger partial charge on any atom is 0.334 e. The zero-order valence-corrected chi connectivity index (χ0v) is 22.3. The van der Waals surface area contributed by atoms with Gasteiger partial charge in [0.1, 0.15) is 29.6 Å². The number of fused-ring (bicyclic) bond motifs is 1. The van der Waals surface area contributed by atoms with Gasteiger partial charge in [0, 0.05) is 31.8 Å². The van der Waals surface area contributed by atoms with E-state index in [1.54, 1.807) is 38.1 Å². The van der Waals surface area contributed by atoms with Gasteiger partial charge >= 0.3 is 6.03 Å². The van der Waals surface area contributed by atoms with Gasteiger partial charge in [-0.3, -0.25) is 9.59 Å². The number of hydrogen-bond donors (Lipinski definition) is 1. The molecule has 0 aromatic heterocycles. The predicted octanol–water partition coefficient (Wildman–Crippen LogP) is 2.66. The molecule has 2 unspecified atom stereocenters. The Bertz CT molecular complexity index is 1180. The highest BCUT2D eigenvalue weighted by molar-refractivity contribution is 7.98. The third-order valence-corrected chi connectivity index (χ3v) is 7.37. The summed E-state index contributed by atoms with van der Waals surface area (Å²) in [5.41, 5.74) is 1.01. The second kappa shape index (κ2) is 12.0. The molecule has 0 spiro atoms. The summed E-state index contributed by atoms with van der Waals surface area (Å²) in [5.74, 6) is -0.734. The lowest BCUT2D eigenvalue weighted by molar-refractivity contribution is -0.187. The molecule has 2 heterocycles. The maximum absolute atomic E-state index is 14.5. The number of piperazine rings is 1. The van der Waals surface area contributed by atoms with Gasteiger partial charge in [-0.2, -0.15) is 11.8 Å². The van der Waals surface area contributed by atoms with Crippen molar-refractivity contribution in [2.24, 2.45) is 0 Å². The van der Waals surface area contributed by atoms with Crippen LogP contribution in [0.25, 0.3) is 0 Å². The highest BCUT2D eigenvalue weighted by Crippen LogP contribution is 2.29. The Morgan fingerprint density at radius 1 is 1.16 bits per heavy atom. The van der Waals surface area contributed by atoms with Crippen LogP contribution in [0, 0.1) is 11.6 Å². The molecular formula is C26H31F2N5O4S. The summed E-state index contributed by atoms with van der Waals surface area (Å²) in [6, 6.07) is 9.25. The van der Waals surface area contributed by atoms with Gasteiger partial charge in [0.15, 0.2) is 0 Å². The molecule has 0 saturated carbocycles. The number of rotatable bonds is 8. The van der Waals surface area contributed by atoms with Crippen molar-refractivity contribution in [2.75, 3.05) is 39.3 Å². The molecule has 9 nitrogen and oxygen atoms in total. The van der Waals surface area contributed by atoms with Gasteiger partial charge in [0.2, 0.25) is 11.8 Å². The summed E-state index contributed by atoms with van der Waals surface area (Å²) in [5, 5.41) is 5.87.